The predicted octanol–water partition coefficient (Wildman–Crippen LogP) is 2.79. The number of rotatable bonds is 9. The average molecular weight is 413 g/mol. The number of hydrogen-bond donors (Lipinski definition) is 0. The minimum atomic E-state index is -3.73. The maximum atomic E-state index is 12.7. The van der Waals surface area contributed by atoms with Crippen LogP contribution in [0, 0.1) is 16.0 Å². The molecule has 0 aromatic heterocycles. The van der Waals surface area contributed by atoms with E-state index in [2.05, 4.69) is 18.7 Å². The van der Waals surface area contributed by atoms with Crippen molar-refractivity contribution in [3.05, 3.63) is 28.3 Å². The zero-order chi connectivity index (χ0) is 20.9. The van der Waals surface area contributed by atoms with Gasteiger partial charge in [0.1, 0.15) is 5.69 Å². The smallest absolute Gasteiger partial charge is 0.293 e. The van der Waals surface area contributed by atoms with E-state index >= 15 is 0 Å². The summed E-state index contributed by atoms with van der Waals surface area (Å²) in [5.74, 6) is 0.652. The third kappa shape index (κ3) is 5.21. The first-order valence-corrected chi connectivity index (χ1v) is 11.4. The van der Waals surface area contributed by atoms with Gasteiger partial charge in [0, 0.05) is 45.3 Å². The topological polar surface area (TPSA) is 87.0 Å². The summed E-state index contributed by atoms with van der Waals surface area (Å²) in [6.45, 7) is 12.7. The van der Waals surface area contributed by atoms with Gasteiger partial charge in [0.2, 0.25) is 10.0 Å². The SMILES string of the molecule is CCN(CC)S(=O)(=O)c1ccc(N2CCN(CCC(C)C)CC2)c([N+](=O)[O-])c1. The van der Waals surface area contributed by atoms with Crippen LogP contribution in [0.4, 0.5) is 11.4 Å². The summed E-state index contributed by atoms with van der Waals surface area (Å²) in [7, 11) is -3.73. The van der Waals surface area contributed by atoms with E-state index in [0.717, 1.165) is 26.1 Å². The Kier molecular flexibility index (Phi) is 7.79. The lowest BCUT2D eigenvalue weighted by atomic mass is 10.1. The lowest BCUT2D eigenvalue weighted by molar-refractivity contribution is -0.384. The number of benzene rings is 1. The number of hydrogen-bond acceptors (Lipinski definition) is 6. The standard InChI is InChI=1S/C19H32N4O4S/c1-5-22(6-2)28(26,27)17-7-8-18(19(15-17)23(24)25)21-13-11-20(12-14-21)10-9-16(3)4/h7-8,15-16H,5-6,9-14H2,1-4H3. The van der Waals surface area contributed by atoms with Gasteiger partial charge in [0.15, 0.2) is 0 Å². The van der Waals surface area contributed by atoms with Gasteiger partial charge in [-0.3, -0.25) is 15.0 Å². The number of nitrogens with zero attached hydrogens (tertiary/aromatic N) is 4. The van der Waals surface area contributed by atoms with E-state index < -0.39 is 14.9 Å². The molecule has 9 heteroatoms. The van der Waals surface area contributed by atoms with E-state index in [-0.39, 0.29) is 10.6 Å². The molecule has 0 bridgehead atoms. The van der Waals surface area contributed by atoms with Crippen LogP contribution in [0.25, 0.3) is 0 Å². The second-order valence-electron chi connectivity index (χ2n) is 7.51. The number of nitro benzene ring substituents is 1. The summed E-state index contributed by atoms with van der Waals surface area (Å²) in [6, 6.07) is 4.27. The Bertz CT molecular complexity index is 770. The fraction of sp³-hybridized carbons (Fsp3) is 0.684. The van der Waals surface area contributed by atoms with Gasteiger partial charge in [-0.1, -0.05) is 27.7 Å². The van der Waals surface area contributed by atoms with Gasteiger partial charge in [-0.2, -0.15) is 4.31 Å². The molecular weight excluding hydrogens is 380 g/mol. The molecule has 0 atom stereocenters. The second-order valence-corrected chi connectivity index (χ2v) is 9.45. The van der Waals surface area contributed by atoms with Crippen molar-refractivity contribution in [1.29, 1.82) is 0 Å². The number of nitro groups is 1. The summed E-state index contributed by atoms with van der Waals surface area (Å²) in [5.41, 5.74) is 0.343. The summed E-state index contributed by atoms with van der Waals surface area (Å²) in [6.07, 6.45) is 1.14. The molecule has 0 spiro atoms. The molecular formula is C19H32N4O4S. The predicted molar refractivity (Wildman–Crippen MR) is 111 cm³/mol. The fourth-order valence-electron chi connectivity index (χ4n) is 3.44. The number of sulfonamides is 1. The van der Waals surface area contributed by atoms with Crippen molar-refractivity contribution < 1.29 is 13.3 Å². The van der Waals surface area contributed by atoms with Crippen molar-refractivity contribution in [1.82, 2.24) is 9.21 Å². The highest BCUT2D eigenvalue weighted by molar-refractivity contribution is 7.89. The highest BCUT2D eigenvalue weighted by atomic mass is 32.2. The Labute approximate surface area is 168 Å². The largest absolute Gasteiger partial charge is 0.363 e. The molecule has 1 saturated heterocycles. The van der Waals surface area contributed by atoms with Crippen molar-refractivity contribution in [3.8, 4) is 0 Å². The van der Waals surface area contributed by atoms with Crippen LogP contribution >= 0.6 is 0 Å². The van der Waals surface area contributed by atoms with E-state index in [9.17, 15) is 18.5 Å². The van der Waals surface area contributed by atoms with Crippen molar-refractivity contribution in [3.63, 3.8) is 0 Å². The molecule has 0 amide bonds. The van der Waals surface area contributed by atoms with Crippen molar-refractivity contribution in [2.24, 2.45) is 5.92 Å². The Morgan fingerprint density at radius 1 is 1.14 bits per heavy atom. The molecule has 0 N–H and O–H groups in total. The molecule has 0 aliphatic carbocycles. The molecule has 1 heterocycles. The first kappa shape index (κ1) is 22.6. The van der Waals surface area contributed by atoms with E-state index in [0.29, 0.717) is 37.8 Å². The number of anilines is 1. The molecule has 2 rings (SSSR count). The molecule has 8 nitrogen and oxygen atoms in total. The van der Waals surface area contributed by atoms with E-state index in [4.69, 9.17) is 0 Å². The average Bonchev–Trinajstić information content (AvgIpc) is 2.67. The van der Waals surface area contributed by atoms with E-state index in [1.807, 2.05) is 4.90 Å². The minimum Gasteiger partial charge on any atom is -0.363 e. The van der Waals surface area contributed by atoms with Crippen LogP contribution in [-0.2, 0) is 10.0 Å². The third-order valence-corrected chi connectivity index (χ3v) is 7.27. The molecule has 1 aliphatic heterocycles. The maximum absolute atomic E-state index is 12.7. The first-order valence-electron chi connectivity index (χ1n) is 9.96. The van der Waals surface area contributed by atoms with Crippen LogP contribution in [0.3, 0.4) is 0 Å². The van der Waals surface area contributed by atoms with Crippen LogP contribution in [-0.4, -0.2) is 68.4 Å². The highest BCUT2D eigenvalue weighted by Crippen LogP contribution is 2.32. The summed E-state index contributed by atoms with van der Waals surface area (Å²) in [4.78, 5) is 15.5. The van der Waals surface area contributed by atoms with Gasteiger partial charge >= 0.3 is 0 Å². The van der Waals surface area contributed by atoms with Crippen LogP contribution in [0.15, 0.2) is 23.1 Å². The molecule has 158 valence electrons. The summed E-state index contributed by atoms with van der Waals surface area (Å²) < 4.78 is 26.7. The minimum absolute atomic E-state index is 0.0257. The molecule has 0 radical (unpaired) electrons. The Morgan fingerprint density at radius 3 is 2.25 bits per heavy atom. The van der Waals surface area contributed by atoms with Gasteiger partial charge < -0.3 is 4.90 Å². The Balaban J connectivity index is 2.22. The van der Waals surface area contributed by atoms with Crippen LogP contribution in [0.5, 0.6) is 0 Å². The summed E-state index contributed by atoms with van der Waals surface area (Å²) >= 11 is 0. The maximum Gasteiger partial charge on any atom is 0.293 e. The second kappa shape index (κ2) is 9.67. The van der Waals surface area contributed by atoms with Gasteiger partial charge in [0.25, 0.3) is 5.69 Å². The fourth-order valence-corrected chi connectivity index (χ4v) is 4.92. The van der Waals surface area contributed by atoms with Gasteiger partial charge in [-0.15, -0.1) is 0 Å². The molecule has 1 aromatic rings. The normalized spacial score (nSPS) is 16.1. The molecule has 0 unspecified atom stereocenters. The van der Waals surface area contributed by atoms with Crippen molar-refractivity contribution >= 4 is 21.4 Å². The highest BCUT2D eigenvalue weighted by Gasteiger charge is 2.28. The zero-order valence-electron chi connectivity index (χ0n) is 17.3. The van der Waals surface area contributed by atoms with Crippen molar-refractivity contribution in [2.75, 3.05) is 50.7 Å². The quantitative estimate of drug-likeness (QED) is 0.458. The third-order valence-electron chi connectivity index (χ3n) is 5.22. The van der Waals surface area contributed by atoms with Crippen LogP contribution in [0.2, 0.25) is 0 Å². The number of piperazine rings is 1. The zero-order valence-corrected chi connectivity index (χ0v) is 18.1. The van der Waals surface area contributed by atoms with E-state index in [1.54, 1.807) is 19.9 Å². The molecule has 0 saturated carbocycles. The molecule has 1 aliphatic rings. The van der Waals surface area contributed by atoms with Gasteiger partial charge in [-0.05, 0) is 31.0 Å². The van der Waals surface area contributed by atoms with Crippen molar-refractivity contribution in [2.45, 2.75) is 39.0 Å². The molecule has 1 aromatic carbocycles. The molecule has 1 fully saturated rings. The lowest BCUT2D eigenvalue weighted by Gasteiger charge is -2.36. The van der Waals surface area contributed by atoms with Crippen LogP contribution in [0.1, 0.15) is 34.1 Å². The van der Waals surface area contributed by atoms with Gasteiger partial charge in [-0.25, -0.2) is 8.42 Å². The van der Waals surface area contributed by atoms with Gasteiger partial charge in [0.05, 0.1) is 9.82 Å². The Morgan fingerprint density at radius 2 is 1.75 bits per heavy atom. The molecule has 28 heavy (non-hydrogen) atoms. The van der Waals surface area contributed by atoms with Crippen LogP contribution < -0.4 is 4.90 Å². The lowest BCUT2D eigenvalue weighted by Crippen LogP contribution is -2.47. The van der Waals surface area contributed by atoms with E-state index in [1.165, 1.54) is 16.4 Å². The monoisotopic (exact) mass is 412 g/mol. The summed E-state index contributed by atoms with van der Waals surface area (Å²) in [5, 5.41) is 11.7. The Hall–Kier alpha value is -1.71. The first-order chi connectivity index (χ1) is 13.2.